The van der Waals surface area contributed by atoms with Gasteiger partial charge in [-0.1, -0.05) is 30.3 Å². The lowest BCUT2D eigenvalue weighted by molar-refractivity contribution is 0.0931. The van der Waals surface area contributed by atoms with E-state index in [2.05, 4.69) is 20.5 Å². The number of aromatic nitrogens is 4. The number of carbonyl (C=O) groups is 2. The Morgan fingerprint density at radius 1 is 1.07 bits per heavy atom. The number of nitrogens with one attached hydrogen (secondary N) is 1. The number of fused-ring (bicyclic) bond motifs is 1. The fraction of sp³-hybridized carbons (Fsp3) is 0.286. The molecule has 0 spiro atoms. The predicted molar refractivity (Wildman–Crippen MR) is 110 cm³/mol. The maximum Gasteiger partial charge on any atom is 0.320 e. The number of amides is 3. The quantitative estimate of drug-likeness (QED) is 0.713. The maximum atomic E-state index is 12.8. The molecule has 0 radical (unpaired) electrons. The summed E-state index contributed by atoms with van der Waals surface area (Å²) in [6.45, 7) is 1.27. The van der Waals surface area contributed by atoms with Crippen molar-refractivity contribution in [3.63, 3.8) is 0 Å². The van der Waals surface area contributed by atoms with E-state index in [1.807, 2.05) is 42.5 Å². The van der Waals surface area contributed by atoms with Gasteiger partial charge in [-0.2, -0.15) is 0 Å². The summed E-state index contributed by atoms with van der Waals surface area (Å²) < 4.78 is 1.80. The lowest BCUT2D eigenvalue weighted by Gasteiger charge is -2.37. The first-order chi connectivity index (χ1) is 14.6. The average Bonchev–Trinajstić information content (AvgIpc) is 3.21. The number of rotatable bonds is 4. The number of nitrogens with zero attached hydrogens (tertiary/aromatic N) is 6. The lowest BCUT2D eigenvalue weighted by Crippen LogP contribution is -2.47. The fourth-order valence-electron chi connectivity index (χ4n) is 3.57. The van der Waals surface area contributed by atoms with Crippen molar-refractivity contribution in [2.45, 2.75) is 19.1 Å². The molecule has 30 heavy (non-hydrogen) atoms. The van der Waals surface area contributed by atoms with E-state index in [0.29, 0.717) is 25.5 Å². The topological polar surface area (TPSA) is 96.2 Å². The molecule has 4 rings (SSSR count). The number of hydrogen-bond acceptors (Lipinski definition) is 5. The molecule has 1 aliphatic rings. The molecule has 1 aliphatic heterocycles. The summed E-state index contributed by atoms with van der Waals surface area (Å²) in [5.74, 6) is 0.526. The van der Waals surface area contributed by atoms with Crippen LogP contribution < -0.4 is 5.32 Å². The molecule has 1 N–H and O–H groups in total. The molecule has 0 fully saturated rings. The van der Waals surface area contributed by atoms with Crippen molar-refractivity contribution in [2.24, 2.45) is 0 Å². The van der Waals surface area contributed by atoms with Gasteiger partial charge in [-0.3, -0.25) is 9.78 Å². The summed E-state index contributed by atoms with van der Waals surface area (Å²) >= 11 is 0. The summed E-state index contributed by atoms with van der Waals surface area (Å²) in [6, 6.07) is 12.8. The van der Waals surface area contributed by atoms with Crippen molar-refractivity contribution in [1.82, 2.24) is 34.9 Å². The smallest absolute Gasteiger partial charge is 0.320 e. The molecule has 3 amide bonds. The first kappa shape index (κ1) is 19.6. The fourth-order valence-corrected chi connectivity index (χ4v) is 3.57. The minimum atomic E-state index is -0.413. The van der Waals surface area contributed by atoms with E-state index in [-0.39, 0.29) is 17.8 Å². The lowest BCUT2D eigenvalue weighted by atomic mass is 10.0. The molecule has 0 bridgehead atoms. The van der Waals surface area contributed by atoms with Gasteiger partial charge in [0.2, 0.25) is 5.82 Å². The van der Waals surface area contributed by atoms with Crippen LogP contribution in [0.15, 0.2) is 54.9 Å². The molecule has 0 unspecified atom stereocenters. The molecule has 9 heteroatoms. The molecule has 0 aliphatic carbocycles. The van der Waals surface area contributed by atoms with Gasteiger partial charge < -0.3 is 19.7 Å². The van der Waals surface area contributed by atoms with Crippen molar-refractivity contribution in [3.05, 3.63) is 77.6 Å². The monoisotopic (exact) mass is 405 g/mol. The van der Waals surface area contributed by atoms with E-state index in [4.69, 9.17) is 0 Å². The number of carbonyl (C=O) groups excluding carboxylic acids is 2. The maximum absolute atomic E-state index is 12.8. The average molecular weight is 405 g/mol. The van der Waals surface area contributed by atoms with Crippen LogP contribution in [0, 0.1) is 0 Å². The molecule has 0 saturated heterocycles. The summed E-state index contributed by atoms with van der Waals surface area (Å²) in [5, 5.41) is 11.4. The van der Waals surface area contributed by atoms with Crippen LogP contribution in [-0.4, -0.2) is 62.1 Å². The normalized spacial score (nSPS) is 15.4. The van der Waals surface area contributed by atoms with Gasteiger partial charge in [0.05, 0.1) is 0 Å². The zero-order valence-electron chi connectivity index (χ0n) is 16.9. The highest BCUT2D eigenvalue weighted by atomic mass is 16.2. The Balaban J connectivity index is 1.63. The highest BCUT2D eigenvalue weighted by Crippen LogP contribution is 2.31. The van der Waals surface area contributed by atoms with E-state index >= 15 is 0 Å². The van der Waals surface area contributed by atoms with Crippen LogP contribution >= 0.6 is 0 Å². The van der Waals surface area contributed by atoms with Gasteiger partial charge in [-0.15, -0.1) is 10.2 Å². The minimum absolute atomic E-state index is 0.109. The van der Waals surface area contributed by atoms with Crippen LogP contribution in [0.4, 0.5) is 4.79 Å². The Morgan fingerprint density at radius 2 is 1.80 bits per heavy atom. The number of pyridine rings is 1. The summed E-state index contributed by atoms with van der Waals surface area (Å²) in [7, 11) is 3.45. The largest absolute Gasteiger partial charge is 0.345 e. The second-order valence-corrected chi connectivity index (χ2v) is 7.26. The highest BCUT2D eigenvalue weighted by Gasteiger charge is 2.37. The molecule has 0 saturated carbocycles. The van der Waals surface area contributed by atoms with Crippen LogP contribution in [-0.2, 0) is 13.1 Å². The van der Waals surface area contributed by atoms with Gasteiger partial charge >= 0.3 is 6.03 Å². The molecular formula is C21H23N7O2. The standard InChI is InChI=1S/C21H23N7O2/c1-26(2)21(30)27-12-13-28-18(17(27)16-6-4-3-5-7-16)24-25-19(28)20(29)23-14-15-8-10-22-11-9-15/h3-11,17H,12-14H2,1-2H3,(H,23,29)/t17-/m0/s1. The van der Waals surface area contributed by atoms with E-state index < -0.39 is 6.04 Å². The Kier molecular flexibility index (Phi) is 5.42. The Labute approximate surface area is 174 Å². The third-order valence-electron chi connectivity index (χ3n) is 5.05. The molecule has 2 aromatic heterocycles. The van der Waals surface area contributed by atoms with Crippen molar-refractivity contribution < 1.29 is 9.59 Å². The van der Waals surface area contributed by atoms with Crippen LogP contribution in [0.1, 0.15) is 33.6 Å². The summed E-state index contributed by atoms with van der Waals surface area (Å²) in [6.07, 6.45) is 3.36. The third-order valence-corrected chi connectivity index (χ3v) is 5.05. The summed E-state index contributed by atoms with van der Waals surface area (Å²) in [5.41, 5.74) is 1.87. The van der Waals surface area contributed by atoms with Gasteiger partial charge in [-0.25, -0.2) is 4.79 Å². The van der Waals surface area contributed by atoms with Gasteiger partial charge in [-0.05, 0) is 23.3 Å². The van der Waals surface area contributed by atoms with Crippen LogP contribution in [0.5, 0.6) is 0 Å². The summed E-state index contributed by atoms with van der Waals surface area (Å²) in [4.78, 5) is 32.9. The number of hydrogen-bond donors (Lipinski definition) is 1. The van der Waals surface area contributed by atoms with Gasteiger partial charge in [0, 0.05) is 46.1 Å². The van der Waals surface area contributed by atoms with Crippen LogP contribution in [0.3, 0.4) is 0 Å². The molecule has 1 atom stereocenters. The van der Waals surface area contributed by atoms with Crippen molar-refractivity contribution >= 4 is 11.9 Å². The second-order valence-electron chi connectivity index (χ2n) is 7.26. The van der Waals surface area contributed by atoms with E-state index in [1.54, 1.807) is 40.9 Å². The first-order valence-corrected chi connectivity index (χ1v) is 9.69. The third kappa shape index (κ3) is 3.73. The van der Waals surface area contributed by atoms with Gasteiger partial charge in [0.1, 0.15) is 6.04 Å². The number of urea groups is 1. The van der Waals surface area contributed by atoms with Gasteiger partial charge in [0.25, 0.3) is 5.91 Å². The Bertz CT molecular complexity index is 1030. The number of benzene rings is 1. The zero-order chi connectivity index (χ0) is 21.1. The van der Waals surface area contributed by atoms with Crippen LogP contribution in [0.2, 0.25) is 0 Å². The predicted octanol–water partition coefficient (Wildman–Crippen LogP) is 1.69. The minimum Gasteiger partial charge on any atom is -0.345 e. The Morgan fingerprint density at radius 3 is 2.50 bits per heavy atom. The van der Waals surface area contributed by atoms with Crippen LogP contribution in [0.25, 0.3) is 0 Å². The SMILES string of the molecule is CN(C)C(=O)N1CCn2c(C(=O)NCc3ccncc3)nnc2[C@@H]1c1ccccc1. The second kappa shape index (κ2) is 8.32. The van der Waals surface area contributed by atoms with E-state index in [0.717, 1.165) is 11.1 Å². The van der Waals surface area contributed by atoms with Gasteiger partial charge in [0.15, 0.2) is 5.82 Å². The Hall–Kier alpha value is -3.75. The molecule has 3 aromatic rings. The highest BCUT2D eigenvalue weighted by molar-refractivity contribution is 5.90. The first-order valence-electron chi connectivity index (χ1n) is 9.69. The van der Waals surface area contributed by atoms with E-state index in [1.165, 1.54) is 0 Å². The van der Waals surface area contributed by atoms with Crippen molar-refractivity contribution in [3.8, 4) is 0 Å². The molecule has 3 heterocycles. The van der Waals surface area contributed by atoms with Crippen molar-refractivity contribution in [1.29, 1.82) is 0 Å². The molecule has 1 aromatic carbocycles. The molecule has 9 nitrogen and oxygen atoms in total. The van der Waals surface area contributed by atoms with Crippen molar-refractivity contribution in [2.75, 3.05) is 20.6 Å². The zero-order valence-corrected chi connectivity index (χ0v) is 16.9. The van der Waals surface area contributed by atoms with E-state index in [9.17, 15) is 9.59 Å². The molecular weight excluding hydrogens is 382 g/mol. The molecule has 154 valence electrons.